The van der Waals surface area contributed by atoms with Gasteiger partial charge in [0, 0.05) is 11.8 Å². The molecule has 0 radical (unpaired) electrons. The maximum Gasteiger partial charge on any atom is 0.120 e. The molecule has 1 saturated heterocycles. The van der Waals surface area contributed by atoms with Gasteiger partial charge in [-0.1, -0.05) is 19.1 Å². The van der Waals surface area contributed by atoms with Gasteiger partial charge in [0.1, 0.15) is 6.10 Å². The van der Waals surface area contributed by atoms with Gasteiger partial charge in [0.2, 0.25) is 0 Å². The lowest BCUT2D eigenvalue weighted by molar-refractivity contribution is 0.163. The van der Waals surface area contributed by atoms with E-state index in [0.717, 1.165) is 5.76 Å². The third kappa shape index (κ3) is 1.08. The van der Waals surface area contributed by atoms with Crippen molar-refractivity contribution in [2.75, 3.05) is 0 Å². The van der Waals surface area contributed by atoms with Crippen molar-refractivity contribution >= 4 is 0 Å². The first-order valence-corrected chi connectivity index (χ1v) is 4.71. The highest BCUT2D eigenvalue weighted by atomic mass is 16.5. The van der Waals surface area contributed by atoms with Gasteiger partial charge >= 0.3 is 0 Å². The van der Waals surface area contributed by atoms with E-state index < -0.39 is 0 Å². The van der Waals surface area contributed by atoms with Crippen molar-refractivity contribution in [2.45, 2.75) is 32.8 Å². The summed E-state index contributed by atoms with van der Waals surface area (Å²) in [5.74, 6) is 2.23. The van der Waals surface area contributed by atoms with E-state index in [9.17, 15) is 0 Å². The molecule has 0 aromatic rings. The highest BCUT2D eigenvalue weighted by Crippen LogP contribution is 2.41. The van der Waals surface area contributed by atoms with E-state index >= 15 is 0 Å². The molecular weight excluding hydrogens is 148 g/mol. The van der Waals surface area contributed by atoms with E-state index in [2.05, 4.69) is 26.5 Å². The molecule has 0 saturated carbocycles. The van der Waals surface area contributed by atoms with Crippen molar-refractivity contribution in [3.8, 4) is 0 Å². The van der Waals surface area contributed by atoms with Crippen LogP contribution in [0.3, 0.4) is 0 Å². The molecule has 2 aliphatic rings. The molecular formula is C11H16O. The summed E-state index contributed by atoms with van der Waals surface area (Å²) < 4.78 is 5.68. The lowest BCUT2D eigenvalue weighted by atomic mass is 9.81. The lowest BCUT2D eigenvalue weighted by Crippen LogP contribution is -2.20. The molecule has 0 bridgehead atoms. The van der Waals surface area contributed by atoms with Crippen LogP contribution in [0.4, 0.5) is 0 Å². The summed E-state index contributed by atoms with van der Waals surface area (Å²) in [6.07, 6.45) is 5.11. The fraction of sp³-hybridized carbons (Fsp3) is 0.636. The maximum absolute atomic E-state index is 5.68. The highest BCUT2D eigenvalue weighted by Gasteiger charge is 2.37. The minimum Gasteiger partial charge on any atom is -0.491 e. The number of allylic oxidation sites excluding steroid dienone is 2. The van der Waals surface area contributed by atoms with Crippen molar-refractivity contribution in [2.24, 2.45) is 11.8 Å². The molecule has 1 heteroatoms. The van der Waals surface area contributed by atoms with Crippen LogP contribution in [0.2, 0.25) is 0 Å². The summed E-state index contributed by atoms with van der Waals surface area (Å²) in [5.41, 5.74) is 1.47. The van der Waals surface area contributed by atoms with Crippen molar-refractivity contribution in [3.05, 3.63) is 24.0 Å². The van der Waals surface area contributed by atoms with Crippen LogP contribution in [0, 0.1) is 11.8 Å². The molecule has 0 spiro atoms. The monoisotopic (exact) mass is 164 g/mol. The molecule has 0 N–H and O–H groups in total. The van der Waals surface area contributed by atoms with Crippen LogP contribution >= 0.6 is 0 Å². The average Bonchev–Trinajstić information content (AvgIpc) is 2.28. The fourth-order valence-electron chi connectivity index (χ4n) is 2.22. The molecule has 0 amide bonds. The minimum atomic E-state index is 0.334. The highest BCUT2D eigenvalue weighted by molar-refractivity contribution is 5.16. The molecule has 1 aliphatic heterocycles. The fourth-order valence-corrected chi connectivity index (χ4v) is 2.22. The zero-order chi connectivity index (χ0) is 8.72. The Kier molecular flexibility index (Phi) is 1.75. The summed E-state index contributed by atoms with van der Waals surface area (Å²) in [6.45, 7) is 8.34. The SMILES string of the molecule is C=C1OC2C=C(C)CC[C@H]2[C@@H]1C. The number of ether oxygens (including phenoxy) is 1. The largest absolute Gasteiger partial charge is 0.491 e. The van der Waals surface area contributed by atoms with Crippen LogP contribution < -0.4 is 0 Å². The number of fused-ring (bicyclic) bond motifs is 1. The molecule has 2 rings (SSSR count). The van der Waals surface area contributed by atoms with Gasteiger partial charge in [0.05, 0.1) is 5.76 Å². The molecule has 0 aromatic carbocycles. The van der Waals surface area contributed by atoms with Crippen LogP contribution in [-0.4, -0.2) is 6.10 Å². The van der Waals surface area contributed by atoms with Crippen molar-refractivity contribution in [1.29, 1.82) is 0 Å². The number of rotatable bonds is 0. The van der Waals surface area contributed by atoms with Gasteiger partial charge in [0.25, 0.3) is 0 Å². The smallest absolute Gasteiger partial charge is 0.120 e. The van der Waals surface area contributed by atoms with Gasteiger partial charge in [-0.05, 0) is 25.8 Å². The first-order valence-electron chi connectivity index (χ1n) is 4.71. The molecule has 66 valence electrons. The third-order valence-electron chi connectivity index (χ3n) is 3.18. The lowest BCUT2D eigenvalue weighted by Gasteiger charge is -2.22. The number of hydrogen-bond acceptors (Lipinski definition) is 1. The first-order chi connectivity index (χ1) is 5.68. The second-order valence-electron chi connectivity index (χ2n) is 4.05. The van der Waals surface area contributed by atoms with Gasteiger partial charge in [0.15, 0.2) is 0 Å². The van der Waals surface area contributed by atoms with E-state index in [1.807, 2.05) is 0 Å². The quantitative estimate of drug-likeness (QED) is 0.500. The molecule has 1 heterocycles. The van der Waals surface area contributed by atoms with Gasteiger partial charge in [-0.25, -0.2) is 0 Å². The topological polar surface area (TPSA) is 9.23 Å². The van der Waals surface area contributed by atoms with E-state index in [4.69, 9.17) is 4.74 Å². The first kappa shape index (κ1) is 7.90. The minimum absolute atomic E-state index is 0.334. The van der Waals surface area contributed by atoms with Crippen LogP contribution in [0.5, 0.6) is 0 Å². The molecule has 1 aliphatic carbocycles. The Labute approximate surface area is 74.1 Å². The van der Waals surface area contributed by atoms with Gasteiger partial charge in [-0.15, -0.1) is 0 Å². The summed E-state index contributed by atoms with van der Waals surface area (Å²) in [5, 5.41) is 0. The summed E-state index contributed by atoms with van der Waals surface area (Å²) in [7, 11) is 0. The Hall–Kier alpha value is -0.720. The van der Waals surface area contributed by atoms with Crippen molar-refractivity contribution in [1.82, 2.24) is 0 Å². The molecule has 1 fully saturated rings. The zero-order valence-electron chi connectivity index (χ0n) is 7.84. The molecule has 0 aromatic heterocycles. The zero-order valence-corrected chi connectivity index (χ0v) is 7.84. The second-order valence-corrected chi connectivity index (χ2v) is 4.05. The van der Waals surface area contributed by atoms with Crippen LogP contribution in [0.1, 0.15) is 26.7 Å². The summed E-state index contributed by atoms with van der Waals surface area (Å²) in [6, 6.07) is 0. The summed E-state index contributed by atoms with van der Waals surface area (Å²) >= 11 is 0. The van der Waals surface area contributed by atoms with E-state index in [1.54, 1.807) is 0 Å². The van der Waals surface area contributed by atoms with Crippen molar-refractivity contribution < 1.29 is 4.74 Å². The maximum atomic E-state index is 5.68. The molecule has 1 nitrogen and oxygen atoms in total. The Balaban J connectivity index is 2.22. The van der Waals surface area contributed by atoms with E-state index in [-0.39, 0.29) is 0 Å². The second kappa shape index (κ2) is 2.65. The predicted molar refractivity (Wildman–Crippen MR) is 49.7 cm³/mol. The van der Waals surface area contributed by atoms with Gasteiger partial charge in [-0.3, -0.25) is 0 Å². The van der Waals surface area contributed by atoms with Crippen molar-refractivity contribution in [3.63, 3.8) is 0 Å². The van der Waals surface area contributed by atoms with Crippen LogP contribution in [-0.2, 0) is 4.74 Å². The Morgan fingerprint density at radius 2 is 2.33 bits per heavy atom. The Morgan fingerprint density at radius 1 is 1.58 bits per heavy atom. The summed E-state index contributed by atoms with van der Waals surface area (Å²) in [4.78, 5) is 0. The van der Waals surface area contributed by atoms with Gasteiger partial charge < -0.3 is 4.74 Å². The Bertz CT molecular complexity index is 239. The molecule has 12 heavy (non-hydrogen) atoms. The predicted octanol–water partition coefficient (Wildman–Crippen LogP) is 2.89. The Morgan fingerprint density at radius 3 is 3.08 bits per heavy atom. The average molecular weight is 164 g/mol. The molecule has 1 unspecified atom stereocenters. The third-order valence-corrected chi connectivity index (χ3v) is 3.18. The van der Waals surface area contributed by atoms with Gasteiger partial charge in [-0.2, -0.15) is 0 Å². The van der Waals surface area contributed by atoms with Crippen LogP contribution in [0.15, 0.2) is 24.0 Å². The normalized spacial score (nSPS) is 40.3. The number of hydrogen-bond donors (Lipinski definition) is 0. The van der Waals surface area contributed by atoms with E-state index in [0.29, 0.717) is 17.9 Å². The van der Waals surface area contributed by atoms with Crippen LogP contribution in [0.25, 0.3) is 0 Å². The van der Waals surface area contributed by atoms with E-state index in [1.165, 1.54) is 18.4 Å². The standard InChI is InChI=1S/C11H16O/c1-7-4-5-10-8(2)9(3)12-11(10)6-7/h6,8,10-11H,3-5H2,1-2H3/t8-,10+,11?/m1/s1. The molecule has 3 atom stereocenters.